The number of H-pyrrole nitrogens is 1. The summed E-state index contributed by atoms with van der Waals surface area (Å²) in [7, 11) is 0. The van der Waals surface area contributed by atoms with E-state index in [9.17, 15) is 9.90 Å². The molecule has 3 aromatic rings. The lowest BCUT2D eigenvalue weighted by Gasteiger charge is -2.02. The highest BCUT2D eigenvalue weighted by molar-refractivity contribution is 6.42. The first-order chi connectivity index (χ1) is 11.0. The molecule has 3 rings (SSSR count). The van der Waals surface area contributed by atoms with E-state index < -0.39 is 0 Å². The van der Waals surface area contributed by atoms with Gasteiger partial charge in [-0.2, -0.15) is 0 Å². The standard InChI is InChI=1S/C17H12Cl2N2O2/c1-10-14(8-11-2-5-13(22)6-3-11)17(23)21(20-10)12-4-7-15(18)16(19)9-12/h2-9,20,22H,1H2/b14-8-. The van der Waals surface area contributed by atoms with Crippen LogP contribution in [-0.2, 0) is 0 Å². The van der Waals surface area contributed by atoms with E-state index in [-0.39, 0.29) is 11.3 Å². The van der Waals surface area contributed by atoms with Gasteiger partial charge in [-0.05, 0) is 42.0 Å². The van der Waals surface area contributed by atoms with Crippen molar-refractivity contribution in [3.8, 4) is 11.4 Å². The van der Waals surface area contributed by atoms with Crippen molar-refractivity contribution in [1.82, 2.24) is 9.78 Å². The van der Waals surface area contributed by atoms with Crippen molar-refractivity contribution < 1.29 is 5.11 Å². The molecular formula is C17H12Cl2N2O2. The number of rotatable bonds is 2. The van der Waals surface area contributed by atoms with E-state index in [1.54, 1.807) is 48.5 Å². The Morgan fingerprint density at radius 1 is 1.09 bits per heavy atom. The van der Waals surface area contributed by atoms with E-state index in [2.05, 4.69) is 11.7 Å². The maximum atomic E-state index is 12.6. The van der Waals surface area contributed by atoms with Gasteiger partial charge in [0.25, 0.3) is 5.56 Å². The molecule has 0 bridgehead atoms. The highest BCUT2D eigenvalue weighted by Crippen LogP contribution is 2.23. The van der Waals surface area contributed by atoms with Crippen LogP contribution in [0.5, 0.6) is 5.75 Å². The third-order valence-corrected chi connectivity index (χ3v) is 4.11. The number of aromatic nitrogens is 2. The molecule has 2 N–H and O–H groups in total. The van der Waals surface area contributed by atoms with Gasteiger partial charge in [0.05, 0.1) is 26.3 Å². The average molecular weight is 347 g/mol. The predicted octanol–water partition coefficient (Wildman–Crippen LogP) is 2.42. The molecule has 1 aromatic heterocycles. The summed E-state index contributed by atoms with van der Waals surface area (Å²) in [6.45, 7) is 3.87. The summed E-state index contributed by atoms with van der Waals surface area (Å²) in [6, 6.07) is 11.5. The first kappa shape index (κ1) is 15.5. The van der Waals surface area contributed by atoms with Gasteiger partial charge < -0.3 is 5.11 Å². The van der Waals surface area contributed by atoms with E-state index in [1.165, 1.54) is 4.68 Å². The maximum Gasteiger partial charge on any atom is 0.279 e. The molecule has 0 amide bonds. The normalized spacial score (nSPS) is 11.8. The Kier molecular flexibility index (Phi) is 4.03. The Bertz CT molecular complexity index is 1030. The molecule has 0 aliphatic heterocycles. The van der Waals surface area contributed by atoms with Crippen molar-refractivity contribution in [3.05, 3.63) is 79.0 Å². The van der Waals surface area contributed by atoms with E-state index in [4.69, 9.17) is 23.2 Å². The fourth-order valence-electron chi connectivity index (χ4n) is 2.19. The number of hydrogen-bond donors (Lipinski definition) is 2. The first-order valence-corrected chi connectivity index (χ1v) is 7.47. The minimum absolute atomic E-state index is 0.166. The van der Waals surface area contributed by atoms with Gasteiger partial charge in [-0.3, -0.25) is 9.89 Å². The number of phenolic OH excluding ortho intramolecular Hbond substituents is 1. The molecule has 0 aliphatic rings. The highest BCUT2D eigenvalue weighted by atomic mass is 35.5. The highest BCUT2D eigenvalue weighted by Gasteiger charge is 2.07. The van der Waals surface area contributed by atoms with Crippen molar-refractivity contribution in [2.24, 2.45) is 0 Å². The number of hydrogen-bond acceptors (Lipinski definition) is 2. The summed E-state index contributed by atoms with van der Waals surface area (Å²) in [4.78, 5) is 12.6. The van der Waals surface area contributed by atoms with Gasteiger partial charge in [0.2, 0.25) is 0 Å². The van der Waals surface area contributed by atoms with E-state index in [0.29, 0.717) is 26.3 Å². The summed E-state index contributed by atoms with van der Waals surface area (Å²) in [5.41, 5.74) is 1.10. The molecule has 6 heteroatoms. The van der Waals surface area contributed by atoms with Gasteiger partial charge in [-0.15, -0.1) is 0 Å². The zero-order valence-corrected chi connectivity index (χ0v) is 13.4. The molecule has 0 saturated heterocycles. The van der Waals surface area contributed by atoms with Gasteiger partial charge in [-0.1, -0.05) is 41.9 Å². The number of aromatic amines is 1. The third-order valence-electron chi connectivity index (χ3n) is 3.37. The molecule has 0 atom stereocenters. The van der Waals surface area contributed by atoms with Crippen molar-refractivity contribution in [3.63, 3.8) is 0 Å². The number of nitrogens with one attached hydrogen (secondary N) is 1. The molecule has 23 heavy (non-hydrogen) atoms. The number of aromatic hydroxyl groups is 1. The number of nitrogens with zero attached hydrogens (tertiary/aromatic N) is 1. The van der Waals surface area contributed by atoms with Crippen LogP contribution in [0.4, 0.5) is 0 Å². The Balaban J connectivity index is 2.17. The molecule has 0 aliphatic carbocycles. The Hall–Kier alpha value is -2.43. The van der Waals surface area contributed by atoms with E-state index in [1.807, 2.05) is 0 Å². The maximum absolute atomic E-state index is 12.6. The smallest absolute Gasteiger partial charge is 0.279 e. The molecule has 0 unspecified atom stereocenters. The second kappa shape index (κ2) is 5.99. The number of benzene rings is 2. The molecule has 4 nitrogen and oxygen atoms in total. The Morgan fingerprint density at radius 2 is 1.78 bits per heavy atom. The van der Waals surface area contributed by atoms with Gasteiger partial charge in [0.1, 0.15) is 5.75 Å². The number of halogens is 2. The Labute approximate surface area is 141 Å². The van der Waals surface area contributed by atoms with Crippen LogP contribution in [0.25, 0.3) is 18.3 Å². The van der Waals surface area contributed by atoms with E-state index in [0.717, 1.165) is 5.56 Å². The summed E-state index contributed by atoms with van der Waals surface area (Å²) >= 11 is 11.9. The Morgan fingerprint density at radius 3 is 2.43 bits per heavy atom. The second-order valence-electron chi connectivity index (χ2n) is 4.98. The molecule has 0 fully saturated rings. The number of phenols is 1. The lowest BCUT2D eigenvalue weighted by Crippen LogP contribution is -2.33. The quantitative estimate of drug-likeness (QED) is 0.748. The zero-order valence-electron chi connectivity index (χ0n) is 11.9. The summed E-state index contributed by atoms with van der Waals surface area (Å²) < 4.78 is 1.36. The monoisotopic (exact) mass is 346 g/mol. The first-order valence-electron chi connectivity index (χ1n) is 6.72. The average Bonchev–Trinajstić information content (AvgIpc) is 2.80. The van der Waals surface area contributed by atoms with Crippen molar-refractivity contribution in [2.45, 2.75) is 0 Å². The van der Waals surface area contributed by atoms with Crippen molar-refractivity contribution >= 4 is 35.9 Å². The van der Waals surface area contributed by atoms with E-state index >= 15 is 0 Å². The second-order valence-corrected chi connectivity index (χ2v) is 5.79. The van der Waals surface area contributed by atoms with Crippen LogP contribution in [-0.4, -0.2) is 14.9 Å². The van der Waals surface area contributed by atoms with Gasteiger partial charge in [0, 0.05) is 0 Å². The predicted molar refractivity (Wildman–Crippen MR) is 92.9 cm³/mol. The fraction of sp³-hybridized carbons (Fsp3) is 0. The molecule has 1 heterocycles. The molecule has 0 spiro atoms. The van der Waals surface area contributed by atoms with Gasteiger partial charge >= 0.3 is 0 Å². The topological polar surface area (TPSA) is 58.0 Å². The van der Waals surface area contributed by atoms with Crippen molar-refractivity contribution in [1.29, 1.82) is 0 Å². The molecule has 0 radical (unpaired) electrons. The third kappa shape index (κ3) is 3.04. The molecule has 0 saturated carbocycles. The largest absolute Gasteiger partial charge is 0.508 e. The SMILES string of the molecule is C=c1[nH]n(-c2ccc(Cl)c(Cl)c2)c(=O)/c1=C\c1ccc(O)cc1. The minimum Gasteiger partial charge on any atom is -0.508 e. The van der Waals surface area contributed by atoms with Gasteiger partial charge in [-0.25, -0.2) is 4.68 Å². The van der Waals surface area contributed by atoms with Gasteiger partial charge in [0.15, 0.2) is 0 Å². The molecular weight excluding hydrogens is 335 g/mol. The van der Waals surface area contributed by atoms with Crippen LogP contribution in [0.1, 0.15) is 5.56 Å². The summed E-state index contributed by atoms with van der Waals surface area (Å²) in [6.07, 6.45) is 1.70. The zero-order chi connectivity index (χ0) is 16.6. The van der Waals surface area contributed by atoms with Crippen LogP contribution in [0.3, 0.4) is 0 Å². The summed E-state index contributed by atoms with van der Waals surface area (Å²) in [5, 5.41) is 13.9. The van der Waals surface area contributed by atoms with Crippen LogP contribution in [0.2, 0.25) is 10.0 Å². The molecule has 116 valence electrons. The van der Waals surface area contributed by atoms with Crippen LogP contribution in [0.15, 0.2) is 47.3 Å². The molecule has 2 aromatic carbocycles. The summed E-state index contributed by atoms with van der Waals surface area (Å²) in [5.74, 6) is 0.166. The van der Waals surface area contributed by atoms with Crippen molar-refractivity contribution in [2.75, 3.05) is 0 Å². The lowest BCUT2D eigenvalue weighted by atomic mass is 10.2. The lowest BCUT2D eigenvalue weighted by molar-refractivity contribution is 0.475. The minimum atomic E-state index is -0.249. The fourth-order valence-corrected chi connectivity index (χ4v) is 2.48. The van der Waals surface area contributed by atoms with Crippen LogP contribution >= 0.6 is 23.2 Å². The van der Waals surface area contributed by atoms with Crippen LogP contribution in [0, 0.1) is 0 Å². The van der Waals surface area contributed by atoms with Crippen LogP contribution < -0.4 is 16.1 Å².